The molecular weight excluding hydrogens is 414 g/mol. The maximum atomic E-state index is 12.8. The Morgan fingerprint density at radius 1 is 1.13 bits per heavy atom. The van der Waals surface area contributed by atoms with Gasteiger partial charge in [-0.1, -0.05) is 6.07 Å². The molecule has 0 radical (unpaired) electrons. The molecule has 1 amide bonds. The summed E-state index contributed by atoms with van der Waals surface area (Å²) >= 11 is 3.36. The summed E-state index contributed by atoms with van der Waals surface area (Å²) in [6.07, 6.45) is 7.76. The summed E-state index contributed by atoms with van der Waals surface area (Å²) in [5.41, 5.74) is 3.68. The zero-order valence-corrected chi connectivity index (χ0v) is 17.9. The molecule has 4 aromatic heterocycles. The van der Waals surface area contributed by atoms with Crippen LogP contribution in [0.4, 0.5) is 10.8 Å². The van der Waals surface area contributed by atoms with E-state index >= 15 is 0 Å². The van der Waals surface area contributed by atoms with Gasteiger partial charge in [0.05, 0.1) is 12.3 Å². The lowest BCUT2D eigenvalue weighted by atomic mass is 9.90. The van der Waals surface area contributed by atoms with Gasteiger partial charge in [0.15, 0.2) is 5.76 Å². The van der Waals surface area contributed by atoms with Gasteiger partial charge < -0.3 is 15.1 Å². The maximum absolute atomic E-state index is 12.8. The Hall–Kier alpha value is -2.90. The molecule has 7 heteroatoms. The summed E-state index contributed by atoms with van der Waals surface area (Å²) in [7, 11) is 0. The molecule has 0 fully saturated rings. The number of pyridine rings is 1. The Bertz CT molecular complexity index is 1120. The fourth-order valence-electron chi connectivity index (χ4n) is 3.92. The molecule has 0 spiro atoms. The Labute approximate surface area is 182 Å². The smallest absolute Gasteiger partial charge is 0.291 e. The molecule has 152 valence electrons. The first-order chi connectivity index (χ1) is 14.8. The van der Waals surface area contributed by atoms with Crippen molar-refractivity contribution < 1.29 is 9.21 Å². The highest BCUT2D eigenvalue weighted by Gasteiger charge is 2.29. The molecule has 5 rings (SSSR count). The summed E-state index contributed by atoms with van der Waals surface area (Å²) in [6, 6.07) is 11.3. The van der Waals surface area contributed by atoms with Gasteiger partial charge in [0, 0.05) is 16.6 Å². The number of nitrogens with one attached hydrogen (secondary N) is 2. The number of amides is 1. The Morgan fingerprint density at radius 3 is 2.83 bits per heavy atom. The molecule has 0 bridgehead atoms. The molecule has 0 aromatic carbocycles. The first-order valence-electron chi connectivity index (χ1n) is 9.98. The fraction of sp³-hybridized carbons (Fsp3) is 0.217. The van der Waals surface area contributed by atoms with Crippen molar-refractivity contribution in [1.82, 2.24) is 4.98 Å². The highest BCUT2D eigenvalue weighted by molar-refractivity contribution is 7.16. The number of aryl methyl sites for hydroxylation is 1. The van der Waals surface area contributed by atoms with Gasteiger partial charge in [-0.25, -0.2) is 4.98 Å². The van der Waals surface area contributed by atoms with Crippen molar-refractivity contribution in [3.63, 3.8) is 0 Å². The van der Waals surface area contributed by atoms with Gasteiger partial charge >= 0.3 is 0 Å². The molecule has 1 aliphatic carbocycles. The van der Waals surface area contributed by atoms with E-state index < -0.39 is 0 Å². The fourth-order valence-corrected chi connectivity index (χ4v) is 5.93. The van der Waals surface area contributed by atoms with Crippen molar-refractivity contribution in [2.75, 3.05) is 10.6 Å². The summed E-state index contributed by atoms with van der Waals surface area (Å²) in [5, 5.41) is 11.9. The summed E-state index contributed by atoms with van der Waals surface area (Å²) in [4.78, 5) is 18.6. The average Bonchev–Trinajstić information content (AvgIpc) is 3.54. The Morgan fingerprint density at radius 2 is 2.07 bits per heavy atom. The molecule has 4 heterocycles. The zero-order valence-electron chi connectivity index (χ0n) is 16.3. The second-order valence-electron chi connectivity index (χ2n) is 7.23. The van der Waals surface area contributed by atoms with E-state index in [1.165, 1.54) is 35.1 Å². The lowest BCUT2D eigenvalue weighted by Gasteiger charge is -2.23. The van der Waals surface area contributed by atoms with Crippen LogP contribution in [-0.4, -0.2) is 10.9 Å². The quantitative estimate of drug-likeness (QED) is 0.382. The van der Waals surface area contributed by atoms with E-state index in [4.69, 9.17) is 4.42 Å². The SMILES string of the molecule is O=C(Nc1sc2c(c1[C@H](Nc1ccccn1)c1ccsc1)CCCC2)c1ccco1. The molecule has 30 heavy (non-hydrogen) atoms. The molecule has 1 aliphatic rings. The van der Waals surface area contributed by atoms with Crippen LogP contribution in [0.25, 0.3) is 0 Å². The van der Waals surface area contributed by atoms with Crippen LogP contribution in [0, 0.1) is 0 Å². The molecule has 0 saturated carbocycles. The average molecular weight is 436 g/mol. The number of aromatic nitrogens is 1. The monoisotopic (exact) mass is 435 g/mol. The van der Waals surface area contributed by atoms with Crippen molar-refractivity contribution >= 4 is 39.4 Å². The number of fused-ring (bicyclic) bond motifs is 1. The number of furan rings is 1. The summed E-state index contributed by atoms with van der Waals surface area (Å²) in [5.74, 6) is 0.909. The molecule has 0 saturated heterocycles. The minimum atomic E-state index is -0.221. The van der Waals surface area contributed by atoms with Gasteiger partial charge in [-0.15, -0.1) is 11.3 Å². The standard InChI is InChI=1S/C23H21N3O2S2/c27-22(17-7-5-12-28-17)26-23-20(16-6-1-2-8-18(16)30-23)21(15-10-13-29-14-15)25-19-9-3-4-11-24-19/h3-5,7,9-14,21H,1-2,6,8H2,(H,24,25)(H,26,27)/t21-/m1/s1. The molecule has 5 nitrogen and oxygen atoms in total. The second-order valence-corrected chi connectivity index (χ2v) is 9.12. The lowest BCUT2D eigenvalue weighted by molar-refractivity contribution is 0.0997. The Kier molecular flexibility index (Phi) is 5.38. The number of thiophene rings is 2. The van der Waals surface area contributed by atoms with Crippen LogP contribution in [0.3, 0.4) is 0 Å². The van der Waals surface area contributed by atoms with Crippen molar-refractivity contribution in [1.29, 1.82) is 0 Å². The second kappa shape index (κ2) is 8.45. The van der Waals surface area contributed by atoms with E-state index in [9.17, 15) is 4.79 Å². The molecule has 0 aliphatic heterocycles. The first-order valence-corrected chi connectivity index (χ1v) is 11.7. The van der Waals surface area contributed by atoms with E-state index in [2.05, 4.69) is 32.4 Å². The van der Waals surface area contributed by atoms with Gasteiger partial charge in [0.25, 0.3) is 5.91 Å². The van der Waals surface area contributed by atoms with Crippen LogP contribution in [0.2, 0.25) is 0 Å². The number of hydrogen-bond acceptors (Lipinski definition) is 6. The van der Waals surface area contributed by atoms with Crippen LogP contribution in [0.1, 0.15) is 51.0 Å². The molecule has 4 aromatic rings. The maximum Gasteiger partial charge on any atom is 0.291 e. The normalized spacial score (nSPS) is 14.1. The highest BCUT2D eigenvalue weighted by atomic mass is 32.1. The lowest BCUT2D eigenvalue weighted by Crippen LogP contribution is -2.18. The van der Waals surface area contributed by atoms with Crippen LogP contribution in [0.15, 0.2) is 64.0 Å². The Balaban J connectivity index is 1.58. The number of carbonyl (C=O) groups excluding carboxylic acids is 1. The van der Waals surface area contributed by atoms with Gasteiger partial charge in [0.1, 0.15) is 10.8 Å². The van der Waals surface area contributed by atoms with Crippen LogP contribution < -0.4 is 10.6 Å². The summed E-state index contributed by atoms with van der Waals surface area (Å²) in [6.45, 7) is 0. The van der Waals surface area contributed by atoms with E-state index in [1.807, 2.05) is 18.2 Å². The van der Waals surface area contributed by atoms with Gasteiger partial charge in [-0.3, -0.25) is 4.79 Å². The molecular formula is C23H21N3O2S2. The largest absolute Gasteiger partial charge is 0.459 e. The molecule has 1 atom stereocenters. The van der Waals surface area contributed by atoms with E-state index in [1.54, 1.807) is 41.0 Å². The van der Waals surface area contributed by atoms with E-state index in [0.29, 0.717) is 5.76 Å². The minimum absolute atomic E-state index is 0.0869. The number of anilines is 2. The molecule has 2 N–H and O–H groups in total. The minimum Gasteiger partial charge on any atom is -0.459 e. The first kappa shape index (κ1) is 19.1. The van der Waals surface area contributed by atoms with Crippen molar-refractivity contribution in [2.24, 2.45) is 0 Å². The van der Waals surface area contributed by atoms with Gasteiger partial charge in [0.2, 0.25) is 0 Å². The third-order valence-electron chi connectivity index (χ3n) is 5.31. The van der Waals surface area contributed by atoms with Crippen molar-refractivity contribution in [3.05, 3.63) is 86.9 Å². The van der Waals surface area contributed by atoms with Crippen LogP contribution in [0.5, 0.6) is 0 Å². The van der Waals surface area contributed by atoms with Crippen molar-refractivity contribution in [2.45, 2.75) is 31.7 Å². The molecule has 0 unspecified atom stereocenters. The van der Waals surface area contributed by atoms with E-state index in [0.717, 1.165) is 29.2 Å². The van der Waals surface area contributed by atoms with Gasteiger partial charge in [-0.2, -0.15) is 11.3 Å². The van der Waals surface area contributed by atoms with Crippen LogP contribution in [-0.2, 0) is 12.8 Å². The predicted octanol–water partition coefficient (Wildman–Crippen LogP) is 6.13. The van der Waals surface area contributed by atoms with Crippen molar-refractivity contribution in [3.8, 4) is 0 Å². The van der Waals surface area contributed by atoms with Crippen LogP contribution >= 0.6 is 22.7 Å². The third kappa shape index (κ3) is 3.78. The number of nitrogens with zero attached hydrogens (tertiary/aromatic N) is 1. The third-order valence-corrected chi connectivity index (χ3v) is 7.23. The number of rotatable bonds is 6. The number of hydrogen-bond donors (Lipinski definition) is 2. The predicted molar refractivity (Wildman–Crippen MR) is 122 cm³/mol. The number of carbonyl (C=O) groups is 1. The zero-order chi connectivity index (χ0) is 20.3. The van der Waals surface area contributed by atoms with E-state index in [-0.39, 0.29) is 11.9 Å². The topological polar surface area (TPSA) is 67.2 Å². The summed E-state index contributed by atoms with van der Waals surface area (Å²) < 4.78 is 5.31. The van der Waals surface area contributed by atoms with Gasteiger partial charge in [-0.05, 0) is 77.9 Å². The highest BCUT2D eigenvalue weighted by Crippen LogP contribution is 2.44.